The average molecular weight is 317 g/mol. The smallest absolute Gasteiger partial charge is 0.220 e. The van der Waals surface area contributed by atoms with Gasteiger partial charge in [0.2, 0.25) is 5.91 Å². The summed E-state index contributed by atoms with van der Waals surface area (Å²) in [6, 6.07) is 4.83. The standard InChI is InChI=1S/C13H18BrFN2O/c1-16-7-2-3-13(18)17-8-6-10-9-11(14)4-5-12(10)15/h4-5,9,16H,2-3,6-8H2,1H3,(H,17,18). The van der Waals surface area contributed by atoms with Gasteiger partial charge in [-0.05, 0) is 50.2 Å². The van der Waals surface area contributed by atoms with E-state index >= 15 is 0 Å². The van der Waals surface area contributed by atoms with E-state index in [0.29, 0.717) is 24.9 Å². The molecule has 2 N–H and O–H groups in total. The molecule has 0 spiro atoms. The van der Waals surface area contributed by atoms with Crippen molar-refractivity contribution in [3.63, 3.8) is 0 Å². The highest BCUT2D eigenvalue weighted by molar-refractivity contribution is 9.10. The molecule has 0 bridgehead atoms. The van der Waals surface area contributed by atoms with Crippen molar-refractivity contribution < 1.29 is 9.18 Å². The lowest BCUT2D eigenvalue weighted by atomic mass is 10.1. The van der Waals surface area contributed by atoms with Gasteiger partial charge in [-0.2, -0.15) is 0 Å². The lowest BCUT2D eigenvalue weighted by Crippen LogP contribution is -2.26. The number of nitrogens with one attached hydrogen (secondary N) is 2. The van der Waals surface area contributed by atoms with Crippen LogP contribution < -0.4 is 10.6 Å². The van der Waals surface area contributed by atoms with Gasteiger partial charge in [0.15, 0.2) is 0 Å². The van der Waals surface area contributed by atoms with E-state index in [-0.39, 0.29) is 11.7 Å². The lowest BCUT2D eigenvalue weighted by Gasteiger charge is -2.06. The van der Waals surface area contributed by atoms with E-state index in [2.05, 4.69) is 26.6 Å². The third kappa shape index (κ3) is 5.60. The van der Waals surface area contributed by atoms with Gasteiger partial charge in [-0.25, -0.2) is 4.39 Å². The Balaban J connectivity index is 2.28. The Morgan fingerprint density at radius 2 is 2.17 bits per heavy atom. The van der Waals surface area contributed by atoms with E-state index in [1.54, 1.807) is 12.1 Å². The van der Waals surface area contributed by atoms with Crippen LogP contribution >= 0.6 is 15.9 Å². The largest absolute Gasteiger partial charge is 0.356 e. The Labute approximate surface area is 115 Å². The third-order valence-electron chi connectivity index (χ3n) is 2.55. The highest BCUT2D eigenvalue weighted by atomic mass is 79.9. The van der Waals surface area contributed by atoms with E-state index in [9.17, 15) is 9.18 Å². The SMILES string of the molecule is CNCCCC(=O)NCCc1cc(Br)ccc1F. The van der Waals surface area contributed by atoms with E-state index < -0.39 is 0 Å². The predicted molar refractivity (Wildman–Crippen MR) is 74.0 cm³/mol. The molecule has 0 saturated heterocycles. The zero-order chi connectivity index (χ0) is 13.4. The Kier molecular flexibility index (Phi) is 6.90. The molecule has 1 aromatic rings. The molecule has 0 aliphatic rings. The normalized spacial score (nSPS) is 10.4. The number of hydrogen-bond donors (Lipinski definition) is 2. The second-order valence-corrected chi connectivity index (χ2v) is 4.96. The molecule has 1 amide bonds. The summed E-state index contributed by atoms with van der Waals surface area (Å²) < 4.78 is 14.2. The second-order valence-electron chi connectivity index (χ2n) is 4.04. The van der Waals surface area contributed by atoms with Crippen LogP contribution in [-0.2, 0) is 11.2 Å². The lowest BCUT2D eigenvalue weighted by molar-refractivity contribution is -0.121. The highest BCUT2D eigenvalue weighted by Gasteiger charge is 2.04. The van der Waals surface area contributed by atoms with E-state index in [0.717, 1.165) is 17.4 Å². The number of halogens is 2. The van der Waals surface area contributed by atoms with Gasteiger partial charge in [0.05, 0.1) is 0 Å². The Hall–Kier alpha value is -0.940. The van der Waals surface area contributed by atoms with Gasteiger partial charge in [0, 0.05) is 17.4 Å². The molecule has 0 aliphatic heterocycles. The first-order valence-electron chi connectivity index (χ1n) is 5.98. The fourth-order valence-corrected chi connectivity index (χ4v) is 1.99. The topological polar surface area (TPSA) is 41.1 Å². The van der Waals surface area contributed by atoms with Gasteiger partial charge in [-0.15, -0.1) is 0 Å². The average Bonchev–Trinajstić information content (AvgIpc) is 2.34. The zero-order valence-electron chi connectivity index (χ0n) is 10.4. The van der Waals surface area contributed by atoms with Crippen LogP contribution in [0.4, 0.5) is 4.39 Å². The first-order valence-corrected chi connectivity index (χ1v) is 6.78. The maximum Gasteiger partial charge on any atom is 0.220 e. The van der Waals surface area contributed by atoms with Gasteiger partial charge in [0.1, 0.15) is 5.82 Å². The van der Waals surface area contributed by atoms with Crippen molar-refractivity contribution in [2.45, 2.75) is 19.3 Å². The number of hydrogen-bond acceptors (Lipinski definition) is 2. The van der Waals surface area contributed by atoms with Crippen LogP contribution in [0.5, 0.6) is 0 Å². The van der Waals surface area contributed by atoms with Crippen LogP contribution in [0.25, 0.3) is 0 Å². The van der Waals surface area contributed by atoms with Crippen molar-refractivity contribution in [2.24, 2.45) is 0 Å². The minimum absolute atomic E-state index is 0.0145. The molecule has 0 unspecified atom stereocenters. The minimum Gasteiger partial charge on any atom is -0.356 e. The van der Waals surface area contributed by atoms with E-state index in [4.69, 9.17) is 0 Å². The molecule has 0 aliphatic carbocycles. The monoisotopic (exact) mass is 316 g/mol. The summed E-state index contributed by atoms with van der Waals surface area (Å²) in [6.07, 6.45) is 1.82. The van der Waals surface area contributed by atoms with E-state index in [1.165, 1.54) is 6.07 Å². The van der Waals surface area contributed by atoms with Crippen LogP contribution in [0, 0.1) is 5.82 Å². The second kappa shape index (κ2) is 8.21. The Bertz CT molecular complexity index is 399. The fourth-order valence-electron chi connectivity index (χ4n) is 1.59. The van der Waals surface area contributed by atoms with Crippen LogP contribution in [0.1, 0.15) is 18.4 Å². The molecule has 3 nitrogen and oxygen atoms in total. The van der Waals surface area contributed by atoms with Gasteiger partial charge in [0.25, 0.3) is 0 Å². The first-order chi connectivity index (χ1) is 8.63. The number of rotatable bonds is 7. The highest BCUT2D eigenvalue weighted by Crippen LogP contribution is 2.15. The molecule has 1 aromatic carbocycles. The molecule has 18 heavy (non-hydrogen) atoms. The van der Waals surface area contributed by atoms with Crippen LogP contribution in [-0.4, -0.2) is 26.0 Å². The van der Waals surface area contributed by atoms with Crippen molar-refractivity contribution in [3.8, 4) is 0 Å². The number of benzene rings is 1. The number of carbonyl (C=O) groups excluding carboxylic acids is 1. The minimum atomic E-state index is -0.234. The summed E-state index contributed by atoms with van der Waals surface area (Å²) in [5.41, 5.74) is 0.611. The molecule has 1 rings (SSSR count). The van der Waals surface area contributed by atoms with Gasteiger partial charge < -0.3 is 10.6 Å². The summed E-state index contributed by atoms with van der Waals surface area (Å²) in [5.74, 6) is -0.219. The maximum absolute atomic E-state index is 13.4. The molecule has 100 valence electrons. The van der Waals surface area contributed by atoms with Gasteiger partial charge in [-0.1, -0.05) is 15.9 Å². The van der Waals surface area contributed by atoms with Crippen molar-refractivity contribution in [3.05, 3.63) is 34.1 Å². The van der Waals surface area contributed by atoms with Crippen LogP contribution in [0.2, 0.25) is 0 Å². The number of carbonyl (C=O) groups is 1. The van der Waals surface area contributed by atoms with E-state index in [1.807, 2.05) is 7.05 Å². The summed E-state index contributed by atoms with van der Waals surface area (Å²) in [4.78, 5) is 11.4. The van der Waals surface area contributed by atoms with Gasteiger partial charge in [-0.3, -0.25) is 4.79 Å². The molecule has 0 heterocycles. The van der Waals surface area contributed by atoms with Crippen molar-refractivity contribution in [2.75, 3.05) is 20.1 Å². The maximum atomic E-state index is 13.4. The van der Waals surface area contributed by atoms with Crippen molar-refractivity contribution in [1.82, 2.24) is 10.6 Å². The van der Waals surface area contributed by atoms with Crippen LogP contribution in [0.15, 0.2) is 22.7 Å². The molecular weight excluding hydrogens is 299 g/mol. The third-order valence-corrected chi connectivity index (χ3v) is 3.05. The number of amides is 1. The molecule has 0 aromatic heterocycles. The summed E-state index contributed by atoms with van der Waals surface area (Å²) in [5, 5.41) is 5.77. The fraction of sp³-hybridized carbons (Fsp3) is 0.462. The molecule has 0 atom stereocenters. The van der Waals surface area contributed by atoms with Gasteiger partial charge >= 0.3 is 0 Å². The molecular formula is C13H18BrFN2O. The first kappa shape index (κ1) is 15.1. The molecule has 0 radical (unpaired) electrons. The quantitative estimate of drug-likeness (QED) is 0.758. The van der Waals surface area contributed by atoms with Crippen LogP contribution in [0.3, 0.4) is 0 Å². The molecule has 5 heteroatoms. The zero-order valence-corrected chi connectivity index (χ0v) is 12.0. The summed E-state index contributed by atoms with van der Waals surface area (Å²) in [6.45, 7) is 1.29. The Morgan fingerprint density at radius 1 is 1.39 bits per heavy atom. The Morgan fingerprint density at radius 3 is 2.89 bits per heavy atom. The molecule has 0 fully saturated rings. The summed E-state index contributed by atoms with van der Waals surface area (Å²) in [7, 11) is 1.86. The van der Waals surface area contributed by atoms with Crippen molar-refractivity contribution >= 4 is 21.8 Å². The summed E-state index contributed by atoms with van der Waals surface area (Å²) >= 11 is 3.30. The van der Waals surface area contributed by atoms with Crippen molar-refractivity contribution in [1.29, 1.82) is 0 Å². The predicted octanol–water partition coefficient (Wildman–Crippen LogP) is 2.25. The molecule has 0 saturated carbocycles.